The first-order valence-corrected chi connectivity index (χ1v) is 7.80. The number of para-hydroxylation sites is 1. The number of aromatic nitrogens is 2. The molecule has 1 aliphatic heterocycles. The summed E-state index contributed by atoms with van der Waals surface area (Å²) in [6.45, 7) is 2.71. The lowest BCUT2D eigenvalue weighted by Gasteiger charge is -2.25. The summed E-state index contributed by atoms with van der Waals surface area (Å²) in [6, 6.07) is 5.71. The maximum atomic E-state index is 12.8. The van der Waals surface area contributed by atoms with Gasteiger partial charge in [0.2, 0.25) is 0 Å². The summed E-state index contributed by atoms with van der Waals surface area (Å²) in [5.74, 6) is 0.676. The first-order valence-electron chi connectivity index (χ1n) is 7.80. The van der Waals surface area contributed by atoms with Crippen LogP contribution in [0.4, 0.5) is 10.5 Å². The summed E-state index contributed by atoms with van der Waals surface area (Å²) in [6.07, 6.45) is 5.77. The second-order valence-electron chi connectivity index (χ2n) is 5.88. The van der Waals surface area contributed by atoms with Crippen molar-refractivity contribution in [3.63, 3.8) is 0 Å². The first kappa shape index (κ1) is 15.4. The van der Waals surface area contributed by atoms with E-state index < -0.39 is 0 Å². The van der Waals surface area contributed by atoms with E-state index in [0.717, 1.165) is 36.2 Å². The molecule has 6 heteroatoms. The molecular formula is C17H22N4O2. The Bertz CT molecular complexity index is 710. The predicted molar refractivity (Wildman–Crippen MR) is 88.6 cm³/mol. The predicted octanol–water partition coefficient (Wildman–Crippen LogP) is 3.11. The van der Waals surface area contributed by atoms with E-state index in [0.29, 0.717) is 5.75 Å². The van der Waals surface area contributed by atoms with E-state index >= 15 is 0 Å². The zero-order chi connectivity index (χ0) is 16.4. The Morgan fingerprint density at radius 1 is 1.43 bits per heavy atom. The Balaban J connectivity index is 1.80. The first-order chi connectivity index (χ1) is 11.1. The molecule has 0 saturated carbocycles. The van der Waals surface area contributed by atoms with Crippen LogP contribution in [0.25, 0.3) is 0 Å². The number of carbonyl (C=O) groups excluding carboxylic acids is 1. The van der Waals surface area contributed by atoms with Crippen molar-refractivity contribution in [3.05, 3.63) is 41.7 Å². The molecule has 1 N–H and O–H groups in total. The molecule has 0 aliphatic carbocycles. The number of methoxy groups -OCH3 is 1. The van der Waals surface area contributed by atoms with Gasteiger partial charge < -0.3 is 15.0 Å². The average molecular weight is 314 g/mol. The average Bonchev–Trinajstić information content (AvgIpc) is 3.17. The largest absolute Gasteiger partial charge is 0.495 e. The highest BCUT2D eigenvalue weighted by Crippen LogP contribution is 2.33. The number of nitrogens with zero attached hydrogens (tertiary/aromatic N) is 3. The van der Waals surface area contributed by atoms with Crippen molar-refractivity contribution in [2.24, 2.45) is 7.05 Å². The zero-order valence-electron chi connectivity index (χ0n) is 13.7. The van der Waals surface area contributed by atoms with Gasteiger partial charge in [-0.25, -0.2) is 4.79 Å². The Labute approximate surface area is 136 Å². The highest BCUT2D eigenvalue weighted by molar-refractivity contribution is 5.92. The fraction of sp³-hybridized carbons (Fsp3) is 0.412. The normalized spacial score (nSPS) is 17.3. The second-order valence-corrected chi connectivity index (χ2v) is 5.88. The summed E-state index contributed by atoms with van der Waals surface area (Å²) >= 11 is 0. The number of urea groups is 1. The molecule has 2 amide bonds. The molecule has 1 aliphatic rings. The van der Waals surface area contributed by atoms with Crippen molar-refractivity contribution in [2.45, 2.75) is 25.8 Å². The minimum Gasteiger partial charge on any atom is -0.495 e. The Morgan fingerprint density at radius 2 is 2.26 bits per heavy atom. The number of likely N-dealkylation sites (tertiary alicyclic amines) is 1. The molecular weight excluding hydrogens is 292 g/mol. The molecule has 1 atom stereocenters. The fourth-order valence-electron chi connectivity index (χ4n) is 3.12. The van der Waals surface area contributed by atoms with E-state index in [4.69, 9.17) is 4.74 Å². The van der Waals surface area contributed by atoms with Crippen molar-refractivity contribution in [2.75, 3.05) is 19.0 Å². The number of amides is 2. The summed E-state index contributed by atoms with van der Waals surface area (Å²) in [4.78, 5) is 14.6. The molecule has 0 bridgehead atoms. The number of hydrogen-bond acceptors (Lipinski definition) is 3. The van der Waals surface area contributed by atoms with Gasteiger partial charge in [-0.05, 0) is 31.4 Å². The molecule has 3 rings (SSSR count). The fourth-order valence-corrected chi connectivity index (χ4v) is 3.12. The van der Waals surface area contributed by atoms with Crippen LogP contribution in [0.15, 0.2) is 30.6 Å². The molecule has 2 aromatic rings. The minimum absolute atomic E-state index is 0.0821. The summed E-state index contributed by atoms with van der Waals surface area (Å²) < 4.78 is 7.13. The number of rotatable bonds is 3. The van der Waals surface area contributed by atoms with Gasteiger partial charge in [0.25, 0.3) is 0 Å². The molecule has 0 spiro atoms. The van der Waals surface area contributed by atoms with E-state index in [9.17, 15) is 4.79 Å². The third-order valence-corrected chi connectivity index (χ3v) is 4.31. The minimum atomic E-state index is -0.0936. The van der Waals surface area contributed by atoms with Gasteiger partial charge in [-0.2, -0.15) is 5.10 Å². The van der Waals surface area contributed by atoms with Gasteiger partial charge >= 0.3 is 6.03 Å². The number of ether oxygens (including phenoxy) is 1. The van der Waals surface area contributed by atoms with Crippen LogP contribution in [0.2, 0.25) is 0 Å². The van der Waals surface area contributed by atoms with Crippen LogP contribution in [0, 0.1) is 6.92 Å². The number of anilines is 1. The van der Waals surface area contributed by atoms with Crippen molar-refractivity contribution in [3.8, 4) is 5.75 Å². The third-order valence-electron chi connectivity index (χ3n) is 4.31. The molecule has 0 unspecified atom stereocenters. The molecule has 6 nitrogen and oxygen atoms in total. The maximum absolute atomic E-state index is 12.8. The number of benzene rings is 1. The number of nitrogens with one attached hydrogen (secondary N) is 1. The van der Waals surface area contributed by atoms with Gasteiger partial charge in [-0.15, -0.1) is 0 Å². The van der Waals surface area contributed by atoms with E-state index in [1.807, 2.05) is 49.5 Å². The SMILES string of the molecule is COc1cccc(C)c1NC(=O)N1CCC[C@@H]1c1cnn(C)c1. The highest BCUT2D eigenvalue weighted by atomic mass is 16.5. The van der Waals surface area contributed by atoms with Crippen molar-refractivity contribution >= 4 is 11.7 Å². The lowest BCUT2D eigenvalue weighted by Crippen LogP contribution is -2.34. The van der Waals surface area contributed by atoms with E-state index in [2.05, 4.69) is 10.4 Å². The molecule has 2 heterocycles. The third kappa shape index (κ3) is 3.02. The molecule has 1 aromatic carbocycles. The smallest absolute Gasteiger partial charge is 0.322 e. The van der Waals surface area contributed by atoms with E-state index in [1.54, 1.807) is 11.8 Å². The van der Waals surface area contributed by atoms with E-state index in [1.165, 1.54) is 0 Å². The Morgan fingerprint density at radius 3 is 2.96 bits per heavy atom. The molecule has 23 heavy (non-hydrogen) atoms. The Kier molecular flexibility index (Phi) is 4.23. The van der Waals surface area contributed by atoms with Gasteiger partial charge in [0.1, 0.15) is 5.75 Å². The summed E-state index contributed by atoms with van der Waals surface area (Å²) in [5, 5.41) is 7.23. The number of hydrogen-bond donors (Lipinski definition) is 1. The molecule has 1 fully saturated rings. The van der Waals surface area contributed by atoms with E-state index in [-0.39, 0.29) is 12.1 Å². The molecule has 122 valence electrons. The summed E-state index contributed by atoms with van der Waals surface area (Å²) in [5.41, 5.74) is 2.79. The lowest BCUT2D eigenvalue weighted by atomic mass is 10.1. The standard InChI is InChI=1S/C17H22N4O2/c1-12-6-4-8-15(23-3)16(12)19-17(22)21-9-5-7-14(21)13-10-18-20(2)11-13/h4,6,8,10-11,14H,5,7,9H2,1-3H3,(H,19,22)/t14-/m1/s1. The van der Waals surface area contributed by atoms with Crippen molar-refractivity contribution in [1.29, 1.82) is 0 Å². The van der Waals surface area contributed by atoms with Crippen LogP contribution >= 0.6 is 0 Å². The van der Waals surface area contributed by atoms with Crippen LogP contribution in [0.1, 0.15) is 30.0 Å². The monoisotopic (exact) mass is 314 g/mol. The molecule has 1 saturated heterocycles. The number of carbonyl (C=O) groups is 1. The van der Waals surface area contributed by atoms with Gasteiger partial charge in [-0.1, -0.05) is 12.1 Å². The van der Waals surface area contributed by atoms with Crippen molar-refractivity contribution in [1.82, 2.24) is 14.7 Å². The zero-order valence-corrected chi connectivity index (χ0v) is 13.7. The highest BCUT2D eigenvalue weighted by Gasteiger charge is 2.31. The van der Waals surface area contributed by atoms with Gasteiger partial charge in [-0.3, -0.25) is 4.68 Å². The second kappa shape index (κ2) is 6.32. The Hall–Kier alpha value is -2.50. The quantitative estimate of drug-likeness (QED) is 0.947. The van der Waals surface area contributed by atoms with Crippen LogP contribution in [0.5, 0.6) is 5.75 Å². The van der Waals surface area contributed by atoms with Gasteiger partial charge in [0.05, 0.1) is 25.0 Å². The van der Waals surface area contributed by atoms with Crippen LogP contribution in [-0.2, 0) is 7.05 Å². The van der Waals surface area contributed by atoms with Crippen LogP contribution in [0.3, 0.4) is 0 Å². The van der Waals surface area contributed by atoms with Gasteiger partial charge in [0, 0.05) is 25.4 Å². The molecule has 1 aromatic heterocycles. The van der Waals surface area contributed by atoms with Crippen molar-refractivity contribution < 1.29 is 9.53 Å². The van der Waals surface area contributed by atoms with Crippen LogP contribution in [-0.4, -0.2) is 34.4 Å². The lowest BCUT2D eigenvalue weighted by molar-refractivity contribution is 0.207. The van der Waals surface area contributed by atoms with Gasteiger partial charge in [0.15, 0.2) is 0 Å². The topological polar surface area (TPSA) is 59.4 Å². The summed E-state index contributed by atoms with van der Waals surface area (Å²) in [7, 11) is 3.50. The number of aryl methyl sites for hydroxylation is 2. The maximum Gasteiger partial charge on any atom is 0.322 e. The van der Waals surface area contributed by atoms with Crippen LogP contribution < -0.4 is 10.1 Å². The molecule has 0 radical (unpaired) electrons.